The highest BCUT2D eigenvalue weighted by Crippen LogP contribution is 2.34. The molecule has 0 unspecified atom stereocenters. The van der Waals surface area contributed by atoms with Crippen LogP contribution in [0.4, 0.5) is 5.69 Å². The van der Waals surface area contributed by atoms with Crippen molar-refractivity contribution in [2.45, 2.75) is 51.0 Å². The zero-order chi connectivity index (χ0) is 15.0. The number of nitrogens with two attached hydrogens (primary N) is 1. The van der Waals surface area contributed by atoms with Crippen LogP contribution in [0.3, 0.4) is 0 Å². The van der Waals surface area contributed by atoms with Gasteiger partial charge in [-0.2, -0.15) is 0 Å². The summed E-state index contributed by atoms with van der Waals surface area (Å²) in [6.07, 6.45) is 2.52. The van der Waals surface area contributed by atoms with Gasteiger partial charge in [0.2, 0.25) is 5.91 Å². The van der Waals surface area contributed by atoms with Crippen LogP contribution >= 0.6 is 0 Å². The molecule has 0 spiro atoms. The standard InChI is InChI=1S/C16H24N2O2/c1-15(2,3)11-6-7-13(20-4)12(10-11)18-14(19)16(17)8-5-9-16/h6-7,10H,5,8-9,17H2,1-4H3,(H,18,19). The van der Waals surface area contributed by atoms with Crippen molar-refractivity contribution in [3.63, 3.8) is 0 Å². The number of benzene rings is 1. The molecule has 3 N–H and O–H groups in total. The molecule has 110 valence electrons. The minimum absolute atomic E-state index is 0.0165. The van der Waals surface area contributed by atoms with E-state index in [0.717, 1.165) is 24.8 Å². The first-order valence-corrected chi connectivity index (χ1v) is 7.05. The Kier molecular flexibility index (Phi) is 3.78. The highest BCUT2D eigenvalue weighted by Gasteiger charge is 2.40. The van der Waals surface area contributed by atoms with Gasteiger partial charge in [-0.15, -0.1) is 0 Å². The molecule has 1 aromatic rings. The Hall–Kier alpha value is -1.55. The van der Waals surface area contributed by atoms with E-state index in [2.05, 4.69) is 26.1 Å². The maximum Gasteiger partial charge on any atom is 0.244 e. The third-order valence-corrected chi connectivity index (χ3v) is 4.01. The maximum atomic E-state index is 12.3. The monoisotopic (exact) mass is 276 g/mol. The Bertz CT molecular complexity index is 514. The Labute approximate surface area is 120 Å². The SMILES string of the molecule is COc1ccc(C(C)(C)C)cc1NC(=O)C1(N)CCC1. The van der Waals surface area contributed by atoms with Gasteiger partial charge in [0.1, 0.15) is 5.75 Å². The third-order valence-electron chi connectivity index (χ3n) is 4.01. The first kappa shape index (κ1) is 14.9. The van der Waals surface area contributed by atoms with Crippen LogP contribution in [-0.4, -0.2) is 18.6 Å². The van der Waals surface area contributed by atoms with Crippen LogP contribution in [0.5, 0.6) is 5.75 Å². The van der Waals surface area contributed by atoms with Gasteiger partial charge in [-0.25, -0.2) is 0 Å². The Balaban J connectivity index is 2.27. The first-order valence-electron chi connectivity index (χ1n) is 7.05. The largest absolute Gasteiger partial charge is 0.495 e. The highest BCUT2D eigenvalue weighted by molar-refractivity contribution is 5.99. The molecule has 20 heavy (non-hydrogen) atoms. The first-order chi connectivity index (χ1) is 9.26. The van der Waals surface area contributed by atoms with E-state index < -0.39 is 5.54 Å². The van der Waals surface area contributed by atoms with E-state index in [1.807, 2.05) is 18.2 Å². The van der Waals surface area contributed by atoms with Gasteiger partial charge in [0.25, 0.3) is 0 Å². The second-order valence-corrected chi connectivity index (χ2v) is 6.63. The topological polar surface area (TPSA) is 64.3 Å². The number of hydrogen-bond donors (Lipinski definition) is 2. The lowest BCUT2D eigenvalue weighted by Gasteiger charge is -2.36. The Morgan fingerprint density at radius 3 is 2.45 bits per heavy atom. The molecule has 0 atom stereocenters. The van der Waals surface area contributed by atoms with Gasteiger partial charge < -0.3 is 15.8 Å². The summed E-state index contributed by atoms with van der Waals surface area (Å²) in [6.45, 7) is 6.41. The highest BCUT2D eigenvalue weighted by atomic mass is 16.5. The van der Waals surface area contributed by atoms with Crippen LogP contribution in [0.2, 0.25) is 0 Å². The second-order valence-electron chi connectivity index (χ2n) is 6.63. The van der Waals surface area contributed by atoms with E-state index in [-0.39, 0.29) is 11.3 Å². The van der Waals surface area contributed by atoms with Crippen molar-refractivity contribution >= 4 is 11.6 Å². The van der Waals surface area contributed by atoms with E-state index in [9.17, 15) is 4.79 Å². The van der Waals surface area contributed by atoms with Gasteiger partial charge in [0.05, 0.1) is 18.3 Å². The molecule has 1 aromatic carbocycles. The lowest BCUT2D eigenvalue weighted by molar-refractivity contribution is -0.123. The van der Waals surface area contributed by atoms with Crippen molar-refractivity contribution in [1.82, 2.24) is 0 Å². The van der Waals surface area contributed by atoms with Crippen LogP contribution < -0.4 is 15.8 Å². The Morgan fingerprint density at radius 1 is 1.35 bits per heavy atom. The molecule has 4 heteroatoms. The van der Waals surface area contributed by atoms with Crippen LogP contribution in [0.25, 0.3) is 0 Å². The molecule has 4 nitrogen and oxygen atoms in total. The average Bonchev–Trinajstić information content (AvgIpc) is 2.34. The molecule has 0 radical (unpaired) electrons. The van der Waals surface area contributed by atoms with Gasteiger partial charge in [-0.3, -0.25) is 4.79 Å². The number of amides is 1. The van der Waals surface area contributed by atoms with Crippen LogP contribution in [0, 0.1) is 0 Å². The van der Waals surface area contributed by atoms with Crippen LogP contribution in [0.1, 0.15) is 45.6 Å². The number of hydrogen-bond acceptors (Lipinski definition) is 3. The second kappa shape index (κ2) is 5.09. The molecular formula is C16H24N2O2. The minimum Gasteiger partial charge on any atom is -0.495 e. The Morgan fingerprint density at radius 2 is 2.00 bits per heavy atom. The maximum absolute atomic E-state index is 12.3. The summed E-state index contributed by atoms with van der Waals surface area (Å²) in [4.78, 5) is 12.3. The molecule has 1 aliphatic rings. The summed E-state index contributed by atoms with van der Waals surface area (Å²) in [5.74, 6) is 0.544. The molecule has 1 amide bonds. The summed E-state index contributed by atoms with van der Waals surface area (Å²) in [5, 5.41) is 2.93. The number of carbonyl (C=O) groups excluding carboxylic acids is 1. The van der Waals surface area contributed by atoms with Crippen molar-refractivity contribution in [3.8, 4) is 5.75 Å². The summed E-state index contributed by atoms with van der Waals surface area (Å²) in [7, 11) is 1.60. The smallest absolute Gasteiger partial charge is 0.244 e. The van der Waals surface area contributed by atoms with E-state index in [1.54, 1.807) is 7.11 Å². The number of carbonyl (C=O) groups is 1. The molecule has 1 aliphatic carbocycles. The quantitative estimate of drug-likeness (QED) is 0.892. The predicted octanol–water partition coefficient (Wildman–Crippen LogP) is 2.81. The normalized spacial score (nSPS) is 17.2. The van der Waals surface area contributed by atoms with Crippen molar-refractivity contribution in [3.05, 3.63) is 23.8 Å². The van der Waals surface area contributed by atoms with Gasteiger partial charge in [0.15, 0.2) is 0 Å². The van der Waals surface area contributed by atoms with E-state index in [0.29, 0.717) is 11.4 Å². The van der Waals surface area contributed by atoms with Gasteiger partial charge in [-0.05, 0) is 42.4 Å². The van der Waals surface area contributed by atoms with E-state index >= 15 is 0 Å². The van der Waals surface area contributed by atoms with Gasteiger partial charge >= 0.3 is 0 Å². The van der Waals surface area contributed by atoms with E-state index in [1.165, 1.54) is 0 Å². The average molecular weight is 276 g/mol. The number of ether oxygens (including phenoxy) is 1. The van der Waals surface area contributed by atoms with Crippen molar-refractivity contribution in [2.75, 3.05) is 12.4 Å². The summed E-state index contributed by atoms with van der Waals surface area (Å²) in [5.41, 5.74) is 7.21. The minimum atomic E-state index is -0.706. The molecule has 0 heterocycles. The van der Waals surface area contributed by atoms with Crippen LogP contribution in [-0.2, 0) is 10.2 Å². The fourth-order valence-corrected chi connectivity index (χ4v) is 2.30. The molecule has 1 saturated carbocycles. The summed E-state index contributed by atoms with van der Waals surface area (Å²) < 4.78 is 5.32. The lowest BCUT2D eigenvalue weighted by Crippen LogP contribution is -2.56. The zero-order valence-electron chi connectivity index (χ0n) is 12.7. The number of anilines is 1. The van der Waals surface area contributed by atoms with Gasteiger partial charge in [-0.1, -0.05) is 26.8 Å². The predicted molar refractivity (Wildman–Crippen MR) is 81.1 cm³/mol. The van der Waals surface area contributed by atoms with Crippen molar-refractivity contribution in [2.24, 2.45) is 5.73 Å². The zero-order valence-corrected chi connectivity index (χ0v) is 12.7. The number of rotatable bonds is 3. The summed E-state index contributed by atoms with van der Waals surface area (Å²) >= 11 is 0. The molecule has 0 bridgehead atoms. The molecular weight excluding hydrogens is 252 g/mol. The van der Waals surface area contributed by atoms with Gasteiger partial charge in [0, 0.05) is 0 Å². The molecule has 2 rings (SSSR count). The number of nitrogens with one attached hydrogen (secondary N) is 1. The molecule has 0 saturated heterocycles. The summed E-state index contributed by atoms with van der Waals surface area (Å²) in [6, 6.07) is 5.88. The third kappa shape index (κ3) is 2.80. The fourth-order valence-electron chi connectivity index (χ4n) is 2.30. The number of methoxy groups -OCH3 is 1. The molecule has 0 aliphatic heterocycles. The molecule has 0 aromatic heterocycles. The molecule has 1 fully saturated rings. The van der Waals surface area contributed by atoms with Crippen molar-refractivity contribution < 1.29 is 9.53 Å². The van der Waals surface area contributed by atoms with E-state index in [4.69, 9.17) is 10.5 Å². The fraction of sp³-hybridized carbons (Fsp3) is 0.562. The van der Waals surface area contributed by atoms with Crippen molar-refractivity contribution in [1.29, 1.82) is 0 Å². The van der Waals surface area contributed by atoms with Crippen LogP contribution in [0.15, 0.2) is 18.2 Å². The lowest BCUT2D eigenvalue weighted by atomic mass is 9.77.